The molecule has 1 N–H and O–H groups in total. The highest BCUT2D eigenvalue weighted by Gasteiger charge is 2.19. The van der Waals surface area contributed by atoms with Gasteiger partial charge in [-0.15, -0.1) is 0 Å². The summed E-state index contributed by atoms with van der Waals surface area (Å²) in [5, 5.41) is 2.74. The summed E-state index contributed by atoms with van der Waals surface area (Å²) in [6.45, 7) is 1.46. The molecule has 174 valence electrons. The minimum atomic E-state index is -0.706. The monoisotopic (exact) mass is 463 g/mol. The molecule has 0 radical (unpaired) electrons. The zero-order valence-electron chi connectivity index (χ0n) is 18.8. The van der Waals surface area contributed by atoms with Crippen molar-refractivity contribution in [1.29, 1.82) is 0 Å². The van der Waals surface area contributed by atoms with Crippen molar-refractivity contribution in [2.75, 3.05) is 19.5 Å². The summed E-state index contributed by atoms with van der Waals surface area (Å²) in [5.74, 6) is -0.485. The minimum absolute atomic E-state index is 0.163. The van der Waals surface area contributed by atoms with Crippen LogP contribution in [0.4, 0.5) is 10.1 Å². The summed E-state index contributed by atoms with van der Waals surface area (Å²) < 4.78 is 26.3. The predicted octanol–water partition coefficient (Wildman–Crippen LogP) is 3.26. The van der Waals surface area contributed by atoms with Gasteiger partial charge in [0.25, 0.3) is 5.56 Å². The molecule has 0 aliphatic heterocycles. The lowest BCUT2D eigenvalue weighted by molar-refractivity contribution is -0.116. The Kier molecular flexibility index (Phi) is 6.18. The molecule has 3 aromatic carbocycles. The highest BCUT2D eigenvalue weighted by atomic mass is 19.1. The fourth-order valence-corrected chi connectivity index (χ4v) is 3.68. The third kappa shape index (κ3) is 4.27. The minimum Gasteiger partial charge on any atom is -0.493 e. The summed E-state index contributed by atoms with van der Waals surface area (Å²) in [6.07, 6.45) is 0. The number of amides is 1. The molecule has 4 aromatic rings. The molecule has 0 aliphatic rings. The number of aryl methyl sites for hydroxylation is 1. The van der Waals surface area contributed by atoms with E-state index in [4.69, 9.17) is 9.47 Å². The van der Waals surface area contributed by atoms with Crippen LogP contribution >= 0.6 is 0 Å². The highest BCUT2D eigenvalue weighted by molar-refractivity contribution is 5.92. The van der Waals surface area contributed by atoms with Crippen LogP contribution in [0.2, 0.25) is 0 Å². The van der Waals surface area contributed by atoms with Crippen LogP contribution in [0.3, 0.4) is 0 Å². The molecule has 0 saturated carbocycles. The van der Waals surface area contributed by atoms with Crippen molar-refractivity contribution < 1.29 is 18.7 Å². The fraction of sp³-hybridized carbons (Fsp3) is 0.160. The number of halogens is 1. The van der Waals surface area contributed by atoms with Crippen LogP contribution in [0.5, 0.6) is 11.5 Å². The summed E-state index contributed by atoms with van der Waals surface area (Å²) in [7, 11) is 2.86. The largest absolute Gasteiger partial charge is 0.493 e. The van der Waals surface area contributed by atoms with Gasteiger partial charge in [-0.25, -0.2) is 13.8 Å². The average molecular weight is 463 g/mol. The number of nitrogens with zero attached hydrogens (tertiary/aromatic N) is 2. The number of benzene rings is 3. The first kappa shape index (κ1) is 22.8. The van der Waals surface area contributed by atoms with Gasteiger partial charge in [-0.2, -0.15) is 0 Å². The van der Waals surface area contributed by atoms with Crippen molar-refractivity contribution >= 4 is 22.5 Å². The Labute approximate surface area is 193 Å². The summed E-state index contributed by atoms with van der Waals surface area (Å²) in [6, 6.07) is 15.2. The highest BCUT2D eigenvalue weighted by Crippen LogP contribution is 2.30. The van der Waals surface area contributed by atoms with Gasteiger partial charge < -0.3 is 14.8 Å². The second kappa shape index (κ2) is 9.22. The number of methoxy groups -OCH3 is 2. The van der Waals surface area contributed by atoms with Crippen molar-refractivity contribution in [1.82, 2.24) is 9.13 Å². The van der Waals surface area contributed by atoms with Gasteiger partial charge >= 0.3 is 5.69 Å². The molecule has 8 nitrogen and oxygen atoms in total. The van der Waals surface area contributed by atoms with E-state index in [1.165, 1.54) is 55.2 Å². The number of hydrogen-bond acceptors (Lipinski definition) is 5. The number of rotatable bonds is 6. The fourth-order valence-electron chi connectivity index (χ4n) is 3.68. The summed E-state index contributed by atoms with van der Waals surface area (Å²) >= 11 is 0. The number of ether oxygens (including phenoxy) is 2. The van der Waals surface area contributed by atoms with E-state index in [9.17, 15) is 18.8 Å². The number of carbonyl (C=O) groups excluding carboxylic acids is 1. The number of nitrogens with one attached hydrogen (secondary N) is 1. The van der Waals surface area contributed by atoms with Crippen LogP contribution in [0.1, 0.15) is 5.56 Å². The van der Waals surface area contributed by atoms with Gasteiger partial charge in [-0.05, 0) is 43.3 Å². The molecular weight excluding hydrogens is 441 g/mol. The van der Waals surface area contributed by atoms with Gasteiger partial charge in [0.2, 0.25) is 5.91 Å². The van der Waals surface area contributed by atoms with Crippen LogP contribution < -0.4 is 26.0 Å². The quantitative estimate of drug-likeness (QED) is 0.474. The van der Waals surface area contributed by atoms with Gasteiger partial charge in [0, 0.05) is 11.8 Å². The van der Waals surface area contributed by atoms with Gasteiger partial charge in [-0.3, -0.25) is 14.2 Å². The third-order valence-electron chi connectivity index (χ3n) is 5.35. The van der Waals surface area contributed by atoms with E-state index in [-0.39, 0.29) is 16.6 Å². The molecule has 0 atom stereocenters. The Morgan fingerprint density at radius 2 is 1.65 bits per heavy atom. The van der Waals surface area contributed by atoms with Crippen molar-refractivity contribution in [2.45, 2.75) is 13.5 Å². The Bertz CT molecular complexity index is 1510. The molecule has 0 unspecified atom stereocenters. The van der Waals surface area contributed by atoms with Crippen LogP contribution in [0, 0.1) is 12.7 Å². The average Bonchev–Trinajstić information content (AvgIpc) is 2.82. The topological polar surface area (TPSA) is 91.6 Å². The standard InChI is InChI=1S/C25H22FN3O5/c1-15-7-9-18(10-8-15)29-24(31)19-12-21(33-2)22(34-3)13-20(19)28(25(29)32)14-23(30)27-17-6-4-5-16(26)11-17/h4-13H,14H2,1-3H3,(H,27,30). The molecule has 0 fully saturated rings. The number of hydrogen-bond donors (Lipinski definition) is 1. The van der Waals surface area contributed by atoms with E-state index < -0.39 is 29.5 Å². The van der Waals surface area contributed by atoms with Gasteiger partial charge in [0.1, 0.15) is 12.4 Å². The molecule has 1 heterocycles. The van der Waals surface area contributed by atoms with E-state index in [1.807, 2.05) is 6.92 Å². The number of carbonyl (C=O) groups is 1. The lowest BCUT2D eigenvalue weighted by atomic mass is 10.2. The maximum Gasteiger partial charge on any atom is 0.336 e. The Balaban J connectivity index is 1.92. The molecule has 4 rings (SSSR count). The van der Waals surface area contributed by atoms with Crippen molar-refractivity contribution in [3.8, 4) is 17.2 Å². The van der Waals surface area contributed by atoms with E-state index in [1.54, 1.807) is 24.3 Å². The van der Waals surface area contributed by atoms with Crippen molar-refractivity contribution in [2.24, 2.45) is 0 Å². The molecule has 34 heavy (non-hydrogen) atoms. The lowest BCUT2D eigenvalue weighted by Crippen LogP contribution is -2.40. The first-order chi connectivity index (χ1) is 16.3. The first-order valence-corrected chi connectivity index (χ1v) is 10.4. The molecular formula is C25H22FN3O5. The Morgan fingerprint density at radius 3 is 2.29 bits per heavy atom. The molecule has 0 aliphatic carbocycles. The van der Waals surface area contributed by atoms with Crippen LogP contribution in [0.15, 0.2) is 70.3 Å². The van der Waals surface area contributed by atoms with Gasteiger partial charge in [-0.1, -0.05) is 23.8 Å². The second-order valence-corrected chi connectivity index (χ2v) is 7.63. The normalized spacial score (nSPS) is 10.8. The maximum atomic E-state index is 13.5. The second-order valence-electron chi connectivity index (χ2n) is 7.63. The summed E-state index contributed by atoms with van der Waals surface area (Å²) in [4.78, 5) is 39.7. The smallest absolute Gasteiger partial charge is 0.336 e. The number of anilines is 1. The number of fused-ring (bicyclic) bond motifs is 1. The molecule has 1 amide bonds. The van der Waals surface area contributed by atoms with E-state index in [0.29, 0.717) is 17.2 Å². The predicted molar refractivity (Wildman–Crippen MR) is 127 cm³/mol. The molecule has 0 spiro atoms. The number of aromatic nitrogens is 2. The van der Waals surface area contributed by atoms with Gasteiger partial charge in [0.05, 0.1) is 30.8 Å². The van der Waals surface area contributed by atoms with Crippen LogP contribution in [-0.2, 0) is 11.3 Å². The van der Waals surface area contributed by atoms with E-state index in [2.05, 4.69) is 5.32 Å². The van der Waals surface area contributed by atoms with Crippen LogP contribution in [-0.4, -0.2) is 29.3 Å². The molecule has 1 aromatic heterocycles. The zero-order chi connectivity index (χ0) is 24.4. The Morgan fingerprint density at radius 1 is 0.971 bits per heavy atom. The van der Waals surface area contributed by atoms with Crippen molar-refractivity contribution in [3.63, 3.8) is 0 Å². The first-order valence-electron chi connectivity index (χ1n) is 10.4. The van der Waals surface area contributed by atoms with E-state index in [0.717, 1.165) is 10.1 Å². The van der Waals surface area contributed by atoms with E-state index >= 15 is 0 Å². The Hall–Kier alpha value is -4.40. The zero-order valence-corrected chi connectivity index (χ0v) is 18.8. The van der Waals surface area contributed by atoms with Crippen molar-refractivity contribution in [3.05, 3.63) is 92.9 Å². The SMILES string of the molecule is COc1cc2c(=O)n(-c3ccc(C)cc3)c(=O)n(CC(=O)Nc3cccc(F)c3)c2cc1OC. The third-order valence-corrected chi connectivity index (χ3v) is 5.35. The van der Waals surface area contributed by atoms with Gasteiger partial charge in [0.15, 0.2) is 11.5 Å². The molecule has 0 saturated heterocycles. The maximum absolute atomic E-state index is 13.5. The van der Waals surface area contributed by atoms with Crippen LogP contribution in [0.25, 0.3) is 16.6 Å². The molecule has 9 heteroatoms. The molecule has 0 bridgehead atoms. The summed E-state index contributed by atoms with van der Waals surface area (Å²) in [5.41, 5.74) is 0.490. The lowest BCUT2D eigenvalue weighted by Gasteiger charge is -2.16.